The molecule has 0 fully saturated rings. The van der Waals surface area contributed by atoms with Crippen molar-refractivity contribution >= 4 is 41.0 Å². The Hall–Kier alpha value is -2.06. The Balaban J connectivity index is 3.52. The van der Waals surface area contributed by atoms with Gasteiger partial charge in [-0.15, -0.1) is 0 Å². The van der Waals surface area contributed by atoms with Crippen LogP contribution in [0.15, 0.2) is 6.07 Å². The number of carbonyl (C=O) groups excluding carboxylic acids is 1. The highest BCUT2D eigenvalue weighted by atomic mass is 35.5. The molecule has 0 aliphatic rings. The highest BCUT2D eigenvalue weighted by Gasteiger charge is 2.30. The minimum atomic E-state index is -1.60. The van der Waals surface area contributed by atoms with Crippen LogP contribution in [0, 0.1) is 10.1 Å². The number of halogens is 2. The first kappa shape index (κ1) is 15.0. The lowest BCUT2D eigenvalue weighted by Gasteiger charge is -2.08. The lowest BCUT2D eigenvalue weighted by atomic mass is 10.1. The number of carboxylic acids is 1. The van der Waals surface area contributed by atoms with Crippen LogP contribution in [-0.2, 0) is 4.74 Å². The highest BCUT2D eigenvalue weighted by molar-refractivity contribution is 6.39. The van der Waals surface area contributed by atoms with Gasteiger partial charge in [-0.2, -0.15) is 0 Å². The van der Waals surface area contributed by atoms with Gasteiger partial charge in [0.2, 0.25) is 0 Å². The second-order valence-corrected chi connectivity index (χ2v) is 3.80. The Kier molecular flexibility index (Phi) is 4.52. The van der Waals surface area contributed by atoms with E-state index in [0.29, 0.717) is 0 Å². The molecule has 0 radical (unpaired) electrons. The SMILES string of the molecule is COC(=O)Oc1c(Cl)cc(C(=O)O)c([N+](=O)[O-])c1Cl. The van der Waals surface area contributed by atoms with Gasteiger partial charge in [0.05, 0.1) is 17.1 Å². The molecular weight excluding hydrogens is 305 g/mol. The molecule has 1 N–H and O–H groups in total. The Morgan fingerprint density at radius 2 is 2.00 bits per heavy atom. The third kappa shape index (κ3) is 3.04. The second-order valence-electron chi connectivity index (χ2n) is 3.02. The fourth-order valence-corrected chi connectivity index (χ4v) is 1.75. The first-order valence-electron chi connectivity index (χ1n) is 4.45. The highest BCUT2D eigenvalue weighted by Crippen LogP contribution is 2.42. The van der Waals surface area contributed by atoms with Crippen LogP contribution < -0.4 is 4.74 Å². The summed E-state index contributed by atoms with van der Waals surface area (Å²) in [5, 5.41) is 18.6. The largest absolute Gasteiger partial charge is 0.513 e. The van der Waals surface area contributed by atoms with Crippen molar-refractivity contribution in [2.24, 2.45) is 0 Å². The number of carbonyl (C=O) groups is 2. The van der Waals surface area contributed by atoms with Crippen molar-refractivity contribution in [1.29, 1.82) is 0 Å². The summed E-state index contributed by atoms with van der Waals surface area (Å²) in [5.74, 6) is -2.15. The van der Waals surface area contributed by atoms with Gasteiger partial charge in [-0.1, -0.05) is 23.2 Å². The van der Waals surface area contributed by atoms with Crippen LogP contribution in [0.5, 0.6) is 5.75 Å². The summed E-state index contributed by atoms with van der Waals surface area (Å²) in [6.45, 7) is 0. The van der Waals surface area contributed by atoms with Crippen molar-refractivity contribution in [2.45, 2.75) is 0 Å². The zero-order chi connectivity index (χ0) is 14.7. The maximum absolute atomic E-state index is 10.9. The van der Waals surface area contributed by atoms with Gasteiger partial charge in [0.1, 0.15) is 5.56 Å². The molecule has 0 atom stereocenters. The molecule has 8 nitrogen and oxygen atoms in total. The maximum atomic E-state index is 10.9. The Morgan fingerprint density at radius 3 is 2.42 bits per heavy atom. The van der Waals surface area contributed by atoms with Crippen molar-refractivity contribution in [3.05, 3.63) is 31.8 Å². The maximum Gasteiger partial charge on any atom is 0.513 e. The van der Waals surface area contributed by atoms with Gasteiger partial charge in [-0.25, -0.2) is 9.59 Å². The minimum Gasteiger partial charge on any atom is -0.477 e. The molecule has 0 bridgehead atoms. The summed E-state index contributed by atoms with van der Waals surface area (Å²) in [6, 6.07) is 0.756. The van der Waals surface area contributed by atoms with E-state index >= 15 is 0 Å². The minimum absolute atomic E-state index is 0.376. The van der Waals surface area contributed by atoms with E-state index in [2.05, 4.69) is 9.47 Å². The van der Waals surface area contributed by atoms with Crippen LogP contribution in [0.1, 0.15) is 10.4 Å². The molecule has 0 spiro atoms. The van der Waals surface area contributed by atoms with E-state index in [1.165, 1.54) is 0 Å². The summed E-state index contributed by atoms with van der Waals surface area (Å²) < 4.78 is 8.71. The summed E-state index contributed by atoms with van der Waals surface area (Å²) in [6.07, 6.45) is -1.21. The number of ether oxygens (including phenoxy) is 2. The summed E-state index contributed by atoms with van der Waals surface area (Å²) in [4.78, 5) is 31.6. The van der Waals surface area contributed by atoms with Crippen LogP contribution in [0.25, 0.3) is 0 Å². The zero-order valence-corrected chi connectivity index (χ0v) is 10.7. The van der Waals surface area contributed by atoms with Crippen LogP contribution in [0.2, 0.25) is 10.0 Å². The van der Waals surface area contributed by atoms with Crippen molar-refractivity contribution in [3.63, 3.8) is 0 Å². The molecule has 1 aromatic carbocycles. The predicted octanol–water partition coefficient (Wildman–Crippen LogP) is 2.75. The third-order valence-electron chi connectivity index (χ3n) is 1.92. The second kappa shape index (κ2) is 5.72. The first-order valence-corrected chi connectivity index (χ1v) is 5.20. The van der Waals surface area contributed by atoms with E-state index in [0.717, 1.165) is 13.2 Å². The molecule has 0 aromatic heterocycles. The van der Waals surface area contributed by atoms with Crippen LogP contribution >= 0.6 is 23.2 Å². The van der Waals surface area contributed by atoms with Gasteiger partial charge in [0, 0.05) is 0 Å². The van der Waals surface area contributed by atoms with Crippen LogP contribution in [0.4, 0.5) is 10.5 Å². The number of carboxylic acid groups (broad SMARTS) is 1. The van der Waals surface area contributed by atoms with Gasteiger partial charge < -0.3 is 14.6 Å². The molecule has 0 aliphatic carbocycles. The average Bonchev–Trinajstić information content (AvgIpc) is 2.32. The van der Waals surface area contributed by atoms with E-state index in [1.54, 1.807) is 0 Å². The topological polar surface area (TPSA) is 116 Å². The lowest BCUT2D eigenvalue weighted by Crippen LogP contribution is -2.10. The quantitative estimate of drug-likeness (QED) is 0.395. The number of hydrogen-bond acceptors (Lipinski definition) is 6. The van der Waals surface area contributed by atoms with E-state index in [-0.39, 0.29) is 5.02 Å². The number of methoxy groups -OCH3 is 1. The molecule has 0 amide bonds. The Bertz CT molecular complexity index is 572. The molecule has 1 aromatic rings. The number of hydrogen-bond donors (Lipinski definition) is 1. The summed E-state index contributed by atoms with van der Waals surface area (Å²) in [5.41, 5.74) is -1.66. The molecule has 0 saturated heterocycles. The molecular formula is C9H5Cl2NO7. The van der Waals surface area contributed by atoms with Gasteiger partial charge in [0.15, 0.2) is 10.8 Å². The van der Waals surface area contributed by atoms with E-state index < -0.39 is 39.1 Å². The number of nitro groups is 1. The molecule has 0 saturated carbocycles. The van der Waals surface area contributed by atoms with Gasteiger partial charge in [-0.3, -0.25) is 10.1 Å². The first-order chi connectivity index (χ1) is 8.79. The number of nitrogens with zero attached hydrogens (tertiary/aromatic N) is 1. The van der Waals surface area contributed by atoms with Crippen molar-refractivity contribution < 1.29 is 29.1 Å². The fraction of sp³-hybridized carbons (Fsp3) is 0.111. The van der Waals surface area contributed by atoms with Crippen molar-refractivity contribution in [3.8, 4) is 5.75 Å². The zero-order valence-electron chi connectivity index (χ0n) is 9.18. The van der Waals surface area contributed by atoms with Gasteiger partial charge in [-0.05, 0) is 6.07 Å². The van der Waals surface area contributed by atoms with E-state index in [9.17, 15) is 19.7 Å². The summed E-state index contributed by atoms with van der Waals surface area (Å²) in [7, 11) is 1.00. The monoisotopic (exact) mass is 309 g/mol. The molecule has 102 valence electrons. The molecule has 0 heterocycles. The number of aromatic carboxylic acids is 1. The third-order valence-corrected chi connectivity index (χ3v) is 2.55. The smallest absolute Gasteiger partial charge is 0.477 e. The summed E-state index contributed by atoms with van der Waals surface area (Å²) >= 11 is 11.3. The number of benzene rings is 1. The Morgan fingerprint density at radius 1 is 1.42 bits per heavy atom. The van der Waals surface area contributed by atoms with E-state index in [4.69, 9.17) is 28.3 Å². The van der Waals surface area contributed by atoms with Crippen molar-refractivity contribution in [2.75, 3.05) is 7.11 Å². The van der Waals surface area contributed by atoms with Crippen LogP contribution in [-0.4, -0.2) is 29.3 Å². The van der Waals surface area contributed by atoms with Crippen LogP contribution in [0.3, 0.4) is 0 Å². The standard InChI is InChI=1S/C9H5Cl2NO7/c1-18-9(15)19-7-4(10)2-3(8(13)14)6(5(7)11)12(16)17/h2H,1H3,(H,13,14). The van der Waals surface area contributed by atoms with E-state index in [1.807, 2.05) is 0 Å². The molecule has 1 rings (SSSR count). The molecule has 0 aliphatic heterocycles. The van der Waals surface area contributed by atoms with Gasteiger partial charge >= 0.3 is 17.8 Å². The molecule has 19 heavy (non-hydrogen) atoms. The normalized spacial score (nSPS) is 9.84. The van der Waals surface area contributed by atoms with Gasteiger partial charge in [0.25, 0.3) is 0 Å². The number of rotatable bonds is 3. The molecule has 10 heteroatoms. The predicted molar refractivity (Wildman–Crippen MR) is 63.1 cm³/mol. The lowest BCUT2D eigenvalue weighted by molar-refractivity contribution is -0.385. The van der Waals surface area contributed by atoms with Crippen molar-refractivity contribution in [1.82, 2.24) is 0 Å². The number of nitro benzene ring substituents is 1. The Labute approximate surface area is 115 Å². The molecule has 0 unspecified atom stereocenters. The average molecular weight is 310 g/mol. The fourth-order valence-electron chi connectivity index (χ4n) is 1.15.